The summed E-state index contributed by atoms with van der Waals surface area (Å²) in [7, 11) is 0. The minimum absolute atomic E-state index is 0.893. The number of benzene rings is 1. The van der Waals surface area contributed by atoms with Gasteiger partial charge >= 0.3 is 0 Å². The quantitative estimate of drug-likeness (QED) is 0.853. The molecule has 0 unspecified atom stereocenters. The molecule has 0 amide bonds. The predicted molar refractivity (Wildman–Crippen MR) is 70.0 cm³/mol. The molecule has 0 atom stereocenters. The number of rotatable bonds is 5. The van der Waals surface area contributed by atoms with E-state index in [9.17, 15) is 0 Å². The SMILES string of the molecule is CCc1cc(NCCc2ccccc2)ncn1. The van der Waals surface area contributed by atoms with E-state index in [-0.39, 0.29) is 0 Å². The van der Waals surface area contributed by atoms with E-state index in [1.54, 1.807) is 6.33 Å². The lowest BCUT2D eigenvalue weighted by atomic mass is 10.1. The second kappa shape index (κ2) is 5.99. The van der Waals surface area contributed by atoms with E-state index in [4.69, 9.17) is 0 Å². The van der Waals surface area contributed by atoms with Crippen LogP contribution in [0.2, 0.25) is 0 Å². The normalized spacial score (nSPS) is 10.2. The van der Waals surface area contributed by atoms with Crippen molar-refractivity contribution in [3.8, 4) is 0 Å². The molecule has 1 aromatic carbocycles. The van der Waals surface area contributed by atoms with Crippen molar-refractivity contribution >= 4 is 5.82 Å². The summed E-state index contributed by atoms with van der Waals surface area (Å²) in [5, 5.41) is 3.32. The summed E-state index contributed by atoms with van der Waals surface area (Å²) >= 11 is 0. The standard InChI is InChI=1S/C14H17N3/c1-2-13-10-14(17-11-16-13)15-9-8-12-6-4-3-5-7-12/h3-7,10-11H,2,8-9H2,1H3,(H,15,16,17). The Morgan fingerprint density at radius 3 is 2.71 bits per heavy atom. The van der Waals surface area contributed by atoms with Crippen molar-refractivity contribution in [2.45, 2.75) is 19.8 Å². The maximum Gasteiger partial charge on any atom is 0.129 e. The van der Waals surface area contributed by atoms with Gasteiger partial charge in [-0.1, -0.05) is 37.3 Å². The van der Waals surface area contributed by atoms with Crippen molar-refractivity contribution in [2.75, 3.05) is 11.9 Å². The van der Waals surface area contributed by atoms with Gasteiger partial charge in [0.25, 0.3) is 0 Å². The Morgan fingerprint density at radius 2 is 1.94 bits per heavy atom. The highest BCUT2D eigenvalue weighted by Crippen LogP contribution is 2.05. The smallest absolute Gasteiger partial charge is 0.129 e. The van der Waals surface area contributed by atoms with Crippen LogP contribution in [0, 0.1) is 0 Å². The van der Waals surface area contributed by atoms with Crippen LogP contribution in [0.5, 0.6) is 0 Å². The average Bonchev–Trinajstić information content (AvgIpc) is 2.40. The number of nitrogens with one attached hydrogen (secondary N) is 1. The molecule has 0 aliphatic heterocycles. The minimum Gasteiger partial charge on any atom is -0.370 e. The number of anilines is 1. The maximum atomic E-state index is 4.20. The molecular formula is C14H17N3. The van der Waals surface area contributed by atoms with Crippen molar-refractivity contribution in [3.63, 3.8) is 0 Å². The third kappa shape index (κ3) is 3.55. The molecule has 1 N–H and O–H groups in total. The molecule has 0 saturated carbocycles. The number of aryl methyl sites for hydroxylation is 1. The van der Waals surface area contributed by atoms with Crippen molar-refractivity contribution in [2.24, 2.45) is 0 Å². The summed E-state index contributed by atoms with van der Waals surface area (Å²) in [6, 6.07) is 12.4. The molecule has 0 spiro atoms. The number of hydrogen-bond donors (Lipinski definition) is 1. The van der Waals surface area contributed by atoms with Crippen LogP contribution in [0.25, 0.3) is 0 Å². The van der Waals surface area contributed by atoms with Gasteiger partial charge in [-0.15, -0.1) is 0 Å². The van der Waals surface area contributed by atoms with Crippen molar-refractivity contribution in [1.82, 2.24) is 9.97 Å². The summed E-state index contributed by atoms with van der Waals surface area (Å²) in [6.07, 6.45) is 3.56. The zero-order valence-corrected chi connectivity index (χ0v) is 10.1. The Kier molecular flexibility index (Phi) is 4.08. The van der Waals surface area contributed by atoms with E-state index < -0.39 is 0 Å². The second-order valence-electron chi connectivity index (χ2n) is 3.91. The second-order valence-corrected chi connectivity index (χ2v) is 3.91. The Balaban J connectivity index is 1.86. The minimum atomic E-state index is 0.893. The van der Waals surface area contributed by atoms with E-state index in [0.717, 1.165) is 30.9 Å². The van der Waals surface area contributed by atoms with Gasteiger partial charge in [-0.2, -0.15) is 0 Å². The van der Waals surface area contributed by atoms with Crippen LogP contribution in [-0.2, 0) is 12.8 Å². The van der Waals surface area contributed by atoms with Gasteiger partial charge in [0.05, 0.1) is 0 Å². The highest BCUT2D eigenvalue weighted by molar-refractivity contribution is 5.35. The van der Waals surface area contributed by atoms with E-state index in [1.165, 1.54) is 5.56 Å². The lowest BCUT2D eigenvalue weighted by Gasteiger charge is -2.06. The first-order valence-electron chi connectivity index (χ1n) is 5.97. The molecule has 0 fully saturated rings. The van der Waals surface area contributed by atoms with Crippen LogP contribution in [-0.4, -0.2) is 16.5 Å². The van der Waals surface area contributed by atoms with Gasteiger partial charge in [-0.3, -0.25) is 0 Å². The number of aromatic nitrogens is 2. The van der Waals surface area contributed by atoms with Gasteiger partial charge in [0.15, 0.2) is 0 Å². The average molecular weight is 227 g/mol. The Morgan fingerprint density at radius 1 is 1.12 bits per heavy atom. The van der Waals surface area contributed by atoms with Crippen LogP contribution in [0.4, 0.5) is 5.82 Å². The molecule has 3 heteroatoms. The summed E-state index contributed by atoms with van der Waals surface area (Å²) in [4.78, 5) is 8.37. The highest BCUT2D eigenvalue weighted by atomic mass is 15.0. The van der Waals surface area contributed by atoms with Gasteiger partial charge in [0.2, 0.25) is 0 Å². The summed E-state index contributed by atoms with van der Waals surface area (Å²) in [6.45, 7) is 2.99. The molecule has 1 heterocycles. The van der Waals surface area contributed by atoms with Gasteiger partial charge in [-0.25, -0.2) is 9.97 Å². The first kappa shape index (κ1) is 11.6. The molecule has 0 aliphatic rings. The van der Waals surface area contributed by atoms with E-state index in [0.29, 0.717) is 0 Å². The Labute approximate surface area is 102 Å². The van der Waals surface area contributed by atoms with Crippen molar-refractivity contribution in [3.05, 3.63) is 54.0 Å². The van der Waals surface area contributed by atoms with Gasteiger partial charge < -0.3 is 5.32 Å². The third-order valence-corrected chi connectivity index (χ3v) is 2.65. The Hall–Kier alpha value is -1.90. The fourth-order valence-electron chi connectivity index (χ4n) is 1.67. The molecule has 3 nitrogen and oxygen atoms in total. The van der Waals surface area contributed by atoms with Crippen LogP contribution in [0.1, 0.15) is 18.2 Å². The molecule has 1 aromatic heterocycles. The topological polar surface area (TPSA) is 37.8 Å². The zero-order chi connectivity index (χ0) is 11.9. The maximum absolute atomic E-state index is 4.20. The lowest BCUT2D eigenvalue weighted by Crippen LogP contribution is -2.07. The highest BCUT2D eigenvalue weighted by Gasteiger charge is 1.96. The molecule has 0 radical (unpaired) electrons. The summed E-state index contributed by atoms with van der Waals surface area (Å²) < 4.78 is 0. The summed E-state index contributed by atoms with van der Waals surface area (Å²) in [5.41, 5.74) is 2.41. The van der Waals surface area contributed by atoms with E-state index in [2.05, 4.69) is 46.5 Å². The number of nitrogens with zero attached hydrogens (tertiary/aromatic N) is 2. The van der Waals surface area contributed by atoms with Crippen LogP contribution < -0.4 is 5.32 Å². The zero-order valence-electron chi connectivity index (χ0n) is 10.1. The lowest BCUT2D eigenvalue weighted by molar-refractivity contribution is 0.968. The largest absolute Gasteiger partial charge is 0.370 e. The fraction of sp³-hybridized carbons (Fsp3) is 0.286. The monoisotopic (exact) mass is 227 g/mol. The van der Waals surface area contributed by atoms with Crippen LogP contribution in [0.15, 0.2) is 42.7 Å². The summed E-state index contributed by atoms with van der Waals surface area (Å²) in [5.74, 6) is 0.910. The van der Waals surface area contributed by atoms with E-state index in [1.807, 2.05) is 12.1 Å². The van der Waals surface area contributed by atoms with E-state index >= 15 is 0 Å². The molecule has 2 rings (SSSR count). The molecular weight excluding hydrogens is 210 g/mol. The molecule has 88 valence electrons. The fourth-order valence-corrected chi connectivity index (χ4v) is 1.67. The van der Waals surface area contributed by atoms with Crippen molar-refractivity contribution < 1.29 is 0 Å². The molecule has 2 aromatic rings. The first-order valence-corrected chi connectivity index (χ1v) is 5.97. The predicted octanol–water partition coefficient (Wildman–Crippen LogP) is 2.69. The number of hydrogen-bond acceptors (Lipinski definition) is 3. The van der Waals surface area contributed by atoms with Crippen molar-refractivity contribution in [1.29, 1.82) is 0 Å². The van der Waals surface area contributed by atoms with Crippen LogP contribution >= 0.6 is 0 Å². The van der Waals surface area contributed by atoms with Gasteiger partial charge in [-0.05, 0) is 18.4 Å². The molecule has 17 heavy (non-hydrogen) atoms. The molecule has 0 bridgehead atoms. The van der Waals surface area contributed by atoms with Gasteiger partial charge in [0.1, 0.15) is 12.1 Å². The molecule has 0 saturated heterocycles. The Bertz CT molecular complexity index is 454. The van der Waals surface area contributed by atoms with Crippen LogP contribution in [0.3, 0.4) is 0 Å². The molecule has 0 aliphatic carbocycles. The third-order valence-electron chi connectivity index (χ3n) is 2.65. The van der Waals surface area contributed by atoms with Gasteiger partial charge in [0, 0.05) is 18.3 Å². The first-order chi connectivity index (χ1) is 8.38.